The van der Waals surface area contributed by atoms with Gasteiger partial charge in [-0.25, -0.2) is 0 Å². The van der Waals surface area contributed by atoms with Gasteiger partial charge in [0, 0.05) is 44.1 Å². The Balaban J connectivity index is 1.37. The maximum Gasteiger partial charge on any atom is 0.242 e. The molecule has 6 heteroatoms. The zero-order valence-corrected chi connectivity index (χ0v) is 17.1. The van der Waals surface area contributed by atoms with Gasteiger partial charge in [0.2, 0.25) is 5.91 Å². The van der Waals surface area contributed by atoms with Gasteiger partial charge >= 0.3 is 0 Å². The van der Waals surface area contributed by atoms with Gasteiger partial charge in [-0.1, -0.05) is 36.4 Å². The summed E-state index contributed by atoms with van der Waals surface area (Å²) in [5, 5.41) is 12.8. The molecular weight excluding hydrogens is 370 g/mol. The van der Waals surface area contributed by atoms with E-state index >= 15 is 0 Å². The van der Waals surface area contributed by atoms with Gasteiger partial charge in [-0.2, -0.15) is 0 Å². The van der Waals surface area contributed by atoms with Crippen molar-refractivity contribution in [2.75, 3.05) is 32.7 Å². The molecular formula is C22H29N3O2S. The zero-order chi connectivity index (χ0) is 19.3. The third kappa shape index (κ3) is 4.63. The van der Waals surface area contributed by atoms with Gasteiger partial charge in [0.15, 0.2) is 0 Å². The van der Waals surface area contributed by atoms with E-state index in [0.29, 0.717) is 13.0 Å². The molecule has 1 aromatic carbocycles. The maximum absolute atomic E-state index is 13.3. The summed E-state index contributed by atoms with van der Waals surface area (Å²) < 4.78 is 0. The van der Waals surface area contributed by atoms with Gasteiger partial charge in [-0.05, 0) is 36.4 Å². The van der Waals surface area contributed by atoms with Crippen molar-refractivity contribution < 1.29 is 9.90 Å². The number of rotatable bonds is 5. The minimum atomic E-state index is -0.575. The summed E-state index contributed by atoms with van der Waals surface area (Å²) in [4.78, 5) is 21.2. The van der Waals surface area contributed by atoms with E-state index in [1.54, 1.807) is 11.3 Å². The lowest BCUT2D eigenvalue weighted by Crippen LogP contribution is -2.59. The van der Waals surface area contributed by atoms with Crippen molar-refractivity contribution in [2.45, 2.75) is 38.1 Å². The summed E-state index contributed by atoms with van der Waals surface area (Å²) in [7, 11) is 0. The molecule has 28 heavy (non-hydrogen) atoms. The van der Waals surface area contributed by atoms with E-state index in [9.17, 15) is 9.90 Å². The lowest BCUT2D eigenvalue weighted by atomic mass is 9.96. The Labute approximate surface area is 171 Å². The second-order valence-electron chi connectivity index (χ2n) is 7.79. The van der Waals surface area contributed by atoms with E-state index in [4.69, 9.17) is 0 Å². The third-order valence-electron chi connectivity index (χ3n) is 5.83. The van der Waals surface area contributed by atoms with E-state index in [-0.39, 0.29) is 5.91 Å². The van der Waals surface area contributed by atoms with Crippen LogP contribution in [-0.2, 0) is 17.9 Å². The molecule has 0 saturated carbocycles. The molecule has 0 radical (unpaired) electrons. The first kappa shape index (κ1) is 19.6. The number of likely N-dealkylation sites (tertiary alicyclic amines) is 1. The predicted octanol–water partition coefficient (Wildman–Crippen LogP) is 2.42. The molecule has 3 heterocycles. The summed E-state index contributed by atoms with van der Waals surface area (Å²) in [5.74, 6) is 0.0962. The average Bonchev–Trinajstić information content (AvgIpc) is 3.22. The first-order valence-electron chi connectivity index (χ1n) is 10.2. The monoisotopic (exact) mass is 399 g/mol. The van der Waals surface area contributed by atoms with Crippen LogP contribution in [0.3, 0.4) is 0 Å². The number of benzene rings is 1. The van der Waals surface area contributed by atoms with Crippen molar-refractivity contribution in [3.05, 3.63) is 58.3 Å². The molecule has 2 fully saturated rings. The highest BCUT2D eigenvalue weighted by Gasteiger charge is 2.38. The molecule has 2 atom stereocenters. The summed E-state index contributed by atoms with van der Waals surface area (Å²) in [5.41, 5.74) is 1.19. The van der Waals surface area contributed by atoms with Gasteiger partial charge in [0.05, 0.1) is 6.10 Å². The van der Waals surface area contributed by atoms with Gasteiger partial charge in [-0.3, -0.25) is 14.6 Å². The van der Waals surface area contributed by atoms with E-state index in [2.05, 4.69) is 39.4 Å². The van der Waals surface area contributed by atoms with Crippen LogP contribution in [0.25, 0.3) is 0 Å². The van der Waals surface area contributed by atoms with Crippen molar-refractivity contribution in [2.24, 2.45) is 0 Å². The number of nitrogens with zero attached hydrogens (tertiary/aromatic N) is 3. The standard InChI is InChI=1S/C22H29N3O2S/c26-20-9-4-10-25(16-18-6-2-1-3-7-18)21(20)22(27)24-13-11-23(12-14-24)17-19-8-5-15-28-19/h1-3,5-8,15,20-21,26H,4,9-14,16-17H2. The van der Waals surface area contributed by atoms with Crippen molar-refractivity contribution in [3.8, 4) is 0 Å². The number of hydrogen-bond donors (Lipinski definition) is 1. The smallest absolute Gasteiger partial charge is 0.242 e. The molecule has 0 aliphatic carbocycles. The molecule has 4 rings (SSSR count). The van der Waals surface area contributed by atoms with Crippen LogP contribution in [0, 0.1) is 0 Å². The SMILES string of the molecule is O=C(C1C(O)CCCN1Cc1ccccc1)N1CCN(Cc2cccs2)CC1. The van der Waals surface area contributed by atoms with E-state index in [1.165, 1.54) is 10.4 Å². The van der Waals surface area contributed by atoms with Crippen LogP contribution >= 0.6 is 11.3 Å². The third-order valence-corrected chi connectivity index (χ3v) is 6.69. The minimum absolute atomic E-state index is 0.0962. The summed E-state index contributed by atoms with van der Waals surface area (Å²) in [6.07, 6.45) is 1.07. The molecule has 2 aromatic rings. The Hall–Kier alpha value is -1.73. The predicted molar refractivity (Wildman–Crippen MR) is 112 cm³/mol. The molecule has 2 aliphatic heterocycles. The number of carbonyl (C=O) groups excluding carboxylic acids is 1. The van der Waals surface area contributed by atoms with Crippen molar-refractivity contribution >= 4 is 17.2 Å². The highest BCUT2D eigenvalue weighted by molar-refractivity contribution is 7.09. The molecule has 1 N–H and O–H groups in total. The number of aliphatic hydroxyl groups is 1. The van der Waals surface area contributed by atoms with E-state index < -0.39 is 12.1 Å². The lowest BCUT2D eigenvalue weighted by Gasteiger charge is -2.42. The van der Waals surface area contributed by atoms with Crippen LogP contribution in [0.15, 0.2) is 47.8 Å². The Kier molecular flexibility index (Phi) is 6.42. The maximum atomic E-state index is 13.3. The lowest BCUT2D eigenvalue weighted by molar-refractivity contribution is -0.146. The van der Waals surface area contributed by atoms with Crippen LogP contribution in [0.4, 0.5) is 0 Å². The van der Waals surface area contributed by atoms with Crippen LogP contribution in [-0.4, -0.2) is 70.6 Å². The Bertz CT molecular complexity index is 744. The number of aliphatic hydroxyl groups excluding tert-OH is 1. The van der Waals surface area contributed by atoms with Crippen LogP contribution in [0.1, 0.15) is 23.3 Å². The number of piperidine rings is 1. The van der Waals surface area contributed by atoms with E-state index in [0.717, 1.165) is 45.7 Å². The first-order chi connectivity index (χ1) is 13.7. The second-order valence-corrected chi connectivity index (χ2v) is 8.82. The normalized spacial score (nSPS) is 24.4. The average molecular weight is 400 g/mol. The topological polar surface area (TPSA) is 47.0 Å². The van der Waals surface area contributed by atoms with Crippen molar-refractivity contribution in [1.29, 1.82) is 0 Å². The molecule has 2 aliphatic rings. The van der Waals surface area contributed by atoms with Gasteiger partial charge in [-0.15, -0.1) is 11.3 Å². The highest BCUT2D eigenvalue weighted by Crippen LogP contribution is 2.23. The summed E-state index contributed by atoms with van der Waals surface area (Å²) >= 11 is 1.79. The molecule has 2 unspecified atom stereocenters. The van der Waals surface area contributed by atoms with Gasteiger partial charge in [0.25, 0.3) is 0 Å². The fourth-order valence-electron chi connectivity index (χ4n) is 4.30. The number of amides is 1. The molecule has 0 spiro atoms. The fraction of sp³-hybridized carbons (Fsp3) is 0.500. The minimum Gasteiger partial charge on any atom is -0.391 e. The number of thiophene rings is 1. The van der Waals surface area contributed by atoms with Crippen LogP contribution in [0.2, 0.25) is 0 Å². The van der Waals surface area contributed by atoms with Gasteiger partial charge in [0.1, 0.15) is 6.04 Å². The quantitative estimate of drug-likeness (QED) is 0.839. The molecule has 1 aromatic heterocycles. The Morgan fingerprint density at radius 2 is 1.79 bits per heavy atom. The largest absolute Gasteiger partial charge is 0.391 e. The summed E-state index contributed by atoms with van der Waals surface area (Å²) in [6.45, 7) is 5.81. The Morgan fingerprint density at radius 3 is 2.50 bits per heavy atom. The number of carbonyl (C=O) groups is 1. The first-order valence-corrected chi connectivity index (χ1v) is 11.1. The fourth-order valence-corrected chi connectivity index (χ4v) is 5.04. The van der Waals surface area contributed by atoms with Crippen molar-refractivity contribution in [1.82, 2.24) is 14.7 Å². The van der Waals surface area contributed by atoms with Crippen molar-refractivity contribution in [3.63, 3.8) is 0 Å². The molecule has 1 amide bonds. The molecule has 150 valence electrons. The van der Waals surface area contributed by atoms with Crippen LogP contribution < -0.4 is 0 Å². The summed E-state index contributed by atoms with van der Waals surface area (Å²) in [6, 6.07) is 14.1. The van der Waals surface area contributed by atoms with E-state index in [1.807, 2.05) is 23.1 Å². The number of hydrogen-bond acceptors (Lipinski definition) is 5. The van der Waals surface area contributed by atoms with Gasteiger partial charge < -0.3 is 10.0 Å². The highest BCUT2D eigenvalue weighted by atomic mass is 32.1. The number of piperazine rings is 1. The molecule has 2 saturated heterocycles. The molecule has 5 nitrogen and oxygen atoms in total. The molecule has 0 bridgehead atoms. The van der Waals surface area contributed by atoms with Crippen LogP contribution in [0.5, 0.6) is 0 Å². The second kappa shape index (κ2) is 9.18. The zero-order valence-electron chi connectivity index (χ0n) is 16.2. The Morgan fingerprint density at radius 1 is 1.00 bits per heavy atom.